The molecule has 0 saturated heterocycles. The molecular formula is C16H24N4O2. The Labute approximate surface area is 130 Å². The lowest BCUT2D eigenvalue weighted by atomic mass is 10.1. The average Bonchev–Trinajstić information content (AvgIpc) is 3.08. The van der Waals surface area contributed by atoms with E-state index < -0.39 is 0 Å². The van der Waals surface area contributed by atoms with Gasteiger partial charge in [0.2, 0.25) is 5.76 Å². The summed E-state index contributed by atoms with van der Waals surface area (Å²) in [6.07, 6.45) is 6.18. The van der Waals surface area contributed by atoms with Crippen molar-refractivity contribution in [2.24, 2.45) is 7.05 Å². The van der Waals surface area contributed by atoms with Crippen LogP contribution in [0.5, 0.6) is 0 Å². The summed E-state index contributed by atoms with van der Waals surface area (Å²) in [5.41, 5.74) is 2.49. The van der Waals surface area contributed by atoms with E-state index in [4.69, 9.17) is 4.52 Å². The van der Waals surface area contributed by atoms with Crippen LogP contribution in [-0.4, -0.2) is 26.9 Å². The van der Waals surface area contributed by atoms with Crippen molar-refractivity contribution in [1.29, 1.82) is 0 Å². The van der Waals surface area contributed by atoms with Gasteiger partial charge in [0, 0.05) is 30.4 Å². The predicted octanol–water partition coefficient (Wildman–Crippen LogP) is 3.08. The van der Waals surface area contributed by atoms with Gasteiger partial charge in [0.15, 0.2) is 0 Å². The van der Waals surface area contributed by atoms with Crippen LogP contribution in [0, 0.1) is 6.92 Å². The lowest BCUT2D eigenvalue weighted by Gasteiger charge is -2.11. The standard InChI is InChI=1S/C16H24N4O2/c1-5-6-7-8-11(2)18-16(21)15-9-14(19-22-15)13-10-17-20(4)12(13)3/h9-11H,5-8H2,1-4H3,(H,18,21)/t11-/m0/s1. The van der Waals surface area contributed by atoms with E-state index in [-0.39, 0.29) is 17.7 Å². The molecular weight excluding hydrogens is 280 g/mol. The van der Waals surface area contributed by atoms with Crippen molar-refractivity contribution in [3.8, 4) is 11.3 Å². The Kier molecular flexibility index (Phi) is 5.35. The minimum absolute atomic E-state index is 0.132. The number of aromatic nitrogens is 3. The highest BCUT2D eigenvalue weighted by Crippen LogP contribution is 2.22. The smallest absolute Gasteiger partial charge is 0.290 e. The first kappa shape index (κ1) is 16.3. The summed E-state index contributed by atoms with van der Waals surface area (Å²) in [5, 5.41) is 11.1. The molecule has 1 amide bonds. The van der Waals surface area contributed by atoms with Gasteiger partial charge in [-0.15, -0.1) is 0 Å². The van der Waals surface area contributed by atoms with E-state index >= 15 is 0 Å². The zero-order chi connectivity index (χ0) is 16.1. The third-order valence-corrected chi connectivity index (χ3v) is 3.86. The number of carbonyl (C=O) groups is 1. The molecule has 6 heteroatoms. The van der Waals surface area contributed by atoms with Crippen molar-refractivity contribution in [3.63, 3.8) is 0 Å². The second kappa shape index (κ2) is 7.24. The Hall–Kier alpha value is -2.11. The van der Waals surface area contributed by atoms with E-state index in [1.807, 2.05) is 20.9 Å². The van der Waals surface area contributed by atoms with E-state index in [0.29, 0.717) is 5.69 Å². The van der Waals surface area contributed by atoms with Crippen molar-refractivity contribution < 1.29 is 9.32 Å². The Bertz CT molecular complexity index is 630. The van der Waals surface area contributed by atoms with Crippen LogP contribution >= 0.6 is 0 Å². The van der Waals surface area contributed by atoms with Crippen LogP contribution in [0.25, 0.3) is 11.3 Å². The summed E-state index contributed by atoms with van der Waals surface area (Å²) in [4.78, 5) is 12.2. The van der Waals surface area contributed by atoms with Crippen molar-refractivity contribution in [3.05, 3.63) is 23.7 Å². The summed E-state index contributed by atoms with van der Waals surface area (Å²) < 4.78 is 6.94. The number of nitrogens with one attached hydrogen (secondary N) is 1. The second-order valence-electron chi connectivity index (χ2n) is 5.71. The molecule has 1 atom stereocenters. The number of aryl methyl sites for hydroxylation is 1. The Balaban J connectivity index is 1.99. The van der Waals surface area contributed by atoms with E-state index in [1.165, 1.54) is 12.8 Å². The van der Waals surface area contributed by atoms with Gasteiger partial charge in [0.05, 0.1) is 6.20 Å². The van der Waals surface area contributed by atoms with E-state index in [1.54, 1.807) is 16.9 Å². The lowest BCUT2D eigenvalue weighted by Crippen LogP contribution is -2.32. The molecule has 1 N–H and O–H groups in total. The fourth-order valence-corrected chi connectivity index (χ4v) is 2.33. The average molecular weight is 304 g/mol. The second-order valence-corrected chi connectivity index (χ2v) is 5.71. The maximum atomic E-state index is 12.2. The predicted molar refractivity (Wildman–Crippen MR) is 84.5 cm³/mol. The highest BCUT2D eigenvalue weighted by atomic mass is 16.5. The van der Waals surface area contributed by atoms with E-state index in [0.717, 1.165) is 24.1 Å². The van der Waals surface area contributed by atoms with Crippen LogP contribution in [0.15, 0.2) is 16.8 Å². The largest absolute Gasteiger partial charge is 0.350 e. The summed E-state index contributed by atoms with van der Waals surface area (Å²) in [6.45, 7) is 6.13. The molecule has 0 fully saturated rings. The number of hydrogen-bond acceptors (Lipinski definition) is 4. The van der Waals surface area contributed by atoms with Gasteiger partial charge in [-0.3, -0.25) is 9.48 Å². The zero-order valence-corrected chi connectivity index (χ0v) is 13.7. The molecule has 2 aromatic heterocycles. The van der Waals surface area contributed by atoms with E-state index in [2.05, 4.69) is 22.5 Å². The molecule has 2 heterocycles. The van der Waals surface area contributed by atoms with Crippen LogP contribution < -0.4 is 5.32 Å². The number of hydrogen-bond donors (Lipinski definition) is 1. The molecule has 22 heavy (non-hydrogen) atoms. The van der Waals surface area contributed by atoms with Crippen LogP contribution in [-0.2, 0) is 7.05 Å². The number of unbranched alkanes of at least 4 members (excludes halogenated alkanes) is 2. The number of amides is 1. The molecule has 0 radical (unpaired) electrons. The van der Waals surface area contributed by atoms with Crippen LogP contribution in [0.4, 0.5) is 0 Å². The monoisotopic (exact) mass is 304 g/mol. The van der Waals surface area contributed by atoms with Gasteiger partial charge in [-0.05, 0) is 20.3 Å². The van der Waals surface area contributed by atoms with Gasteiger partial charge < -0.3 is 9.84 Å². The molecule has 0 aliphatic heterocycles. The number of rotatable bonds is 7. The Morgan fingerprint density at radius 1 is 1.45 bits per heavy atom. The minimum atomic E-state index is -0.218. The molecule has 6 nitrogen and oxygen atoms in total. The van der Waals surface area contributed by atoms with E-state index in [9.17, 15) is 4.79 Å². The van der Waals surface area contributed by atoms with Crippen molar-refractivity contribution in [1.82, 2.24) is 20.3 Å². The van der Waals surface area contributed by atoms with Gasteiger partial charge in [-0.2, -0.15) is 5.10 Å². The van der Waals surface area contributed by atoms with Gasteiger partial charge in [0.25, 0.3) is 5.91 Å². The SMILES string of the molecule is CCCCC[C@H](C)NC(=O)c1cc(-c2cnn(C)c2C)no1. The summed E-state index contributed by atoms with van der Waals surface area (Å²) >= 11 is 0. The first-order valence-corrected chi connectivity index (χ1v) is 7.79. The molecule has 2 aromatic rings. The molecule has 0 aliphatic carbocycles. The molecule has 0 aromatic carbocycles. The lowest BCUT2D eigenvalue weighted by molar-refractivity contribution is 0.0900. The maximum Gasteiger partial charge on any atom is 0.290 e. The number of carbonyl (C=O) groups excluding carboxylic acids is 1. The topological polar surface area (TPSA) is 73.0 Å². The van der Waals surface area contributed by atoms with Crippen LogP contribution in [0.3, 0.4) is 0 Å². The number of nitrogens with zero attached hydrogens (tertiary/aromatic N) is 3. The summed E-state index contributed by atoms with van der Waals surface area (Å²) in [5.74, 6) is 0.0184. The normalized spacial score (nSPS) is 12.4. The molecule has 2 rings (SSSR count). The van der Waals surface area contributed by atoms with Crippen molar-refractivity contribution >= 4 is 5.91 Å². The van der Waals surface area contributed by atoms with Gasteiger partial charge in [-0.25, -0.2) is 0 Å². The first-order chi connectivity index (χ1) is 10.5. The molecule has 0 unspecified atom stereocenters. The molecule has 0 spiro atoms. The van der Waals surface area contributed by atoms with Crippen LogP contribution in [0.1, 0.15) is 55.8 Å². The van der Waals surface area contributed by atoms with Crippen molar-refractivity contribution in [2.75, 3.05) is 0 Å². The fraction of sp³-hybridized carbons (Fsp3) is 0.562. The zero-order valence-electron chi connectivity index (χ0n) is 13.7. The van der Waals surface area contributed by atoms with Gasteiger partial charge in [-0.1, -0.05) is 31.3 Å². The molecule has 0 saturated carbocycles. The Morgan fingerprint density at radius 2 is 2.23 bits per heavy atom. The summed E-state index contributed by atoms with van der Waals surface area (Å²) in [7, 11) is 1.87. The van der Waals surface area contributed by atoms with Gasteiger partial charge >= 0.3 is 0 Å². The molecule has 0 bridgehead atoms. The highest BCUT2D eigenvalue weighted by Gasteiger charge is 2.18. The Morgan fingerprint density at radius 3 is 2.86 bits per heavy atom. The quantitative estimate of drug-likeness (QED) is 0.798. The fourth-order valence-electron chi connectivity index (χ4n) is 2.33. The highest BCUT2D eigenvalue weighted by molar-refractivity contribution is 5.92. The van der Waals surface area contributed by atoms with Crippen LogP contribution in [0.2, 0.25) is 0 Å². The maximum absolute atomic E-state index is 12.2. The third-order valence-electron chi connectivity index (χ3n) is 3.86. The summed E-state index contributed by atoms with van der Waals surface area (Å²) in [6, 6.07) is 1.80. The first-order valence-electron chi connectivity index (χ1n) is 7.79. The van der Waals surface area contributed by atoms with Gasteiger partial charge in [0.1, 0.15) is 5.69 Å². The third kappa shape index (κ3) is 3.75. The molecule has 0 aliphatic rings. The van der Waals surface area contributed by atoms with Crippen molar-refractivity contribution in [2.45, 2.75) is 52.5 Å². The minimum Gasteiger partial charge on any atom is -0.350 e. The molecule has 120 valence electrons.